The Hall–Kier alpha value is -1.51. The SMILES string of the molecule is CCCCC/C=C\C/C=C\CCCCCCCCCC(=O)NCCOP(=O)(O)OCC(O)COC(=O)CCCCCC. The van der Waals surface area contributed by atoms with E-state index in [0.717, 1.165) is 57.8 Å². The molecular formula is C32H60NO8P. The van der Waals surface area contributed by atoms with Gasteiger partial charge in [-0.05, 0) is 44.9 Å². The first-order chi connectivity index (χ1) is 20.3. The molecule has 0 heterocycles. The lowest BCUT2D eigenvalue weighted by Gasteiger charge is -2.15. The van der Waals surface area contributed by atoms with Gasteiger partial charge in [-0.3, -0.25) is 18.6 Å². The van der Waals surface area contributed by atoms with E-state index >= 15 is 0 Å². The molecule has 0 aliphatic carbocycles. The van der Waals surface area contributed by atoms with E-state index in [4.69, 9.17) is 13.8 Å². The van der Waals surface area contributed by atoms with E-state index in [1.54, 1.807) is 0 Å². The molecule has 10 heteroatoms. The fourth-order valence-electron chi connectivity index (χ4n) is 4.11. The summed E-state index contributed by atoms with van der Waals surface area (Å²) in [6.45, 7) is 3.35. The van der Waals surface area contributed by atoms with Gasteiger partial charge in [-0.15, -0.1) is 0 Å². The second-order valence-electron chi connectivity index (χ2n) is 10.8. The van der Waals surface area contributed by atoms with Gasteiger partial charge in [0.2, 0.25) is 5.91 Å². The van der Waals surface area contributed by atoms with Crippen LogP contribution < -0.4 is 5.32 Å². The number of carbonyl (C=O) groups is 2. The van der Waals surface area contributed by atoms with E-state index in [1.807, 2.05) is 0 Å². The van der Waals surface area contributed by atoms with Crippen LogP contribution in [0.1, 0.15) is 136 Å². The zero-order chi connectivity index (χ0) is 31.2. The molecule has 0 aromatic carbocycles. The van der Waals surface area contributed by atoms with Crippen LogP contribution in [0.5, 0.6) is 0 Å². The van der Waals surface area contributed by atoms with E-state index in [0.29, 0.717) is 6.42 Å². The Bertz CT molecular complexity index is 759. The highest BCUT2D eigenvalue weighted by Crippen LogP contribution is 2.42. The maximum atomic E-state index is 12.0. The normalized spacial score (nSPS) is 13.9. The second kappa shape index (κ2) is 29.6. The molecule has 0 rings (SSSR count). The molecule has 2 unspecified atom stereocenters. The molecule has 0 radical (unpaired) electrons. The Morgan fingerprint density at radius 3 is 1.95 bits per heavy atom. The lowest BCUT2D eigenvalue weighted by atomic mass is 10.1. The highest BCUT2D eigenvalue weighted by molar-refractivity contribution is 7.47. The van der Waals surface area contributed by atoms with E-state index in [9.17, 15) is 24.2 Å². The number of carbonyl (C=O) groups excluding carboxylic acids is 2. The van der Waals surface area contributed by atoms with Gasteiger partial charge in [0.15, 0.2) is 0 Å². The van der Waals surface area contributed by atoms with Gasteiger partial charge >= 0.3 is 13.8 Å². The number of esters is 1. The van der Waals surface area contributed by atoms with Crippen molar-refractivity contribution >= 4 is 19.7 Å². The summed E-state index contributed by atoms with van der Waals surface area (Å²) in [5, 5.41) is 12.5. The van der Waals surface area contributed by atoms with Crippen molar-refractivity contribution in [1.82, 2.24) is 5.32 Å². The van der Waals surface area contributed by atoms with Crippen LogP contribution in [-0.4, -0.2) is 54.3 Å². The van der Waals surface area contributed by atoms with Crippen LogP contribution in [-0.2, 0) is 27.9 Å². The van der Waals surface area contributed by atoms with Gasteiger partial charge in [0.05, 0.1) is 13.2 Å². The molecule has 0 saturated heterocycles. The van der Waals surface area contributed by atoms with Gasteiger partial charge in [-0.25, -0.2) is 4.57 Å². The number of aliphatic hydroxyl groups is 1. The van der Waals surface area contributed by atoms with Crippen molar-refractivity contribution in [3.63, 3.8) is 0 Å². The number of nitrogens with one attached hydrogen (secondary N) is 1. The number of allylic oxidation sites excluding steroid dienone is 4. The molecule has 3 N–H and O–H groups in total. The maximum absolute atomic E-state index is 12.0. The zero-order valence-electron chi connectivity index (χ0n) is 26.4. The Morgan fingerprint density at radius 1 is 0.738 bits per heavy atom. The summed E-state index contributed by atoms with van der Waals surface area (Å²) in [4.78, 5) is 33.3. The molecule has 0 spiro atoms. The minimum atomic E-state index is -4.39. The maximum Gasteiger partial charge on any atom is 0.472 e. The summed E-state index contributed by atoms with van der Waals surface area (Å²) in [5.74, 6) is -0.544. The van der Waals surface area contributed by atoms with Gasteiger partial charge in [0.25, 0.3) is 0 Å². The van der Waals surface area contributed by atoms with Crippen molar-refractivity contribution in [2.24, 2.45) is 0 Å². The molecule has 0 aliphatic heterocycles. The molecule has 0 saturated carbocycles. The number of phosphoric acid groups is 1. The fraction of sp³-hybridized carbons (Fsp3) is 0.812. The van der Waals surface area contributed by atoms with Crippen LogP contribution in [0.25, 0.3) is 0 Å². The zero-order valence-corrected chi connectivity index (χ0v) is 27.3. The van der Waals surface area contributed by atoms with Crippen LogP contribution in [0.2, 0.25) is 0 Å². The van der Waals surface area contributed by atoms with Gasteiger partial charge in [-0.2, -0.15) is 0 Å². The summed E-state index contributed by atoms with van der Waals surface area (Å²) in [7, 11) is -4.39. The first-order valence-corrected chi connectivity index (χ1v) is 17.8. The number of phosphoric ester groups is 1. The second-order valence-corrected chi connectivity index (χ2v) is 12.2. The van der Waals surface area contributed by atoms with Crippen LogP contribution in [0.15, 0.2) is 24.3 Å². The number of amides is 1. The molecule has 0 bridgehead atoms. The van der Waals surface area contributed by atoms with Gasteiger partial charge in [0, 0.05) is 19.4 Å². The number of unbranched alkanes of at least 4 members (excludes halogenated alkanes) is 13. The molecule has 2 atom stereocenters. The first kappa shape index (κ1) is 40.5. The summed E-state index contributed by atoms with van der Waals surface area (Å²) < 4.78 is 26.4. The number of ether oxygens (including phenoxy) is 1. The molecule has 9 nitrogen and oxygen atoms in total. The van der Waals surface area contributed by atoms with Crippen LogP contribution in [0, 0.1) is 0 Å². The van der Waals surface area contributed by atoms with Crippen molar-refractivity contribution in [3.8, 4) is 0 Å². The molecule has 0 aliphatic rings. The number of hydrogen-bond acceptors (Lipinski definition) is 7. The van der Waals surface area contributed by atoms with Crippen molar-refractivity contribution in [3.05, 3.63) is 24.3 Å². The van der Waals surface area contributed by atoms with Gasteiger partial charge in [-0.1, -0.05) is 102 Å². The highest BCUT2D eigenvalue weighted by atomic mass is 31.2. The quantitative estimate of drug-likeness (QED) is 0.0323. The van der Waals surface area contributed by atoms with Crippen molar-refractivity contribution < 1.29 is 37.9 Å². The molecular weight excluding hydrogens is 557 g/mol. The Morgan fingerprint density at radius 2 is 1.29 bits per heavy atom. The first-order valence-electron chi connectivity index (χ1n) is 16.3. The van der Waals surface area contributed by atoms with Gasteiger partial charge < -0.3 is 20.1 Å². The van der Waals surface area contributed by atoms with Gasteiger partial charge in [0.1, 0.15) is 12.7 Å². The molecule has 0 aromatic heterocycles. The standard InChI is InChI=1S/C32H60NO8P/c1-3-5-7-9-10-11-12-13-14-15-16-17-18-19-20-21-22-24-31(35)33-26-27-40-42(37,38)41-29-30(34)28-39-32(36)25-23-8-6-4-2/h10-11,13-14,30,34H,3-9,12,15-29H2,1-2H3,(H,33,35)(H,37,38)/b11-10-,14-13-. The van der Waals surface area contributed by atoms with Crippen molar-refractivity contribution in [2.45, 2.75) is 142 Å². The highest BCUT2D eigenvalue weighted by Gasteiger charge is 2.23. The Balaban J connectivity index is 3.61. The lowest BCUT2D eigenvalue weighted by Crippen LogP contribution is -2.27. The Labute approximate surface area is 255 Å². The molecule has 0 aromatic rings. The third-order valence-corrected chi connectivity index (χ3v) is 7.62. The number of hydrogen-bond donors (Lipinski definition) is 3. The molecule has 246 valence electrons. The smallest absolute Gasteiger partial charge is 0.463 e. The molecule has 1 amide bonds. The third-order valence-electron chi connectivity index (χ3n) is 6.63. The lowest BCUT2D eigenvalue weighted by molar-refractivity contribution is -0.147. The number of aliphatic hydroxyl groups excluding tert-OH is 1. The minimum absolute atomic E-state index is 0.0780. The van der Waals surface area contributed by atoms with E-state index in [2.05, 4.69) is 43.5 Å². The average Bonchev–Trinajstić information content (AvgIpc) is 2.97. The monoisotopic (exact) mass is 617 g/mol. The molecule has 0 fully saturated rings. The third kappa shape index (κ3) is 30.0. The van der Waals surface area contributed by atoms with Crippen LogP contribution >= 0.6 is 7.82 Å². The van der Waals surface area contributed by atoms with E-state index in [-0.39, 0.29) is 32.1 Å². The molecule has 42 heavy (non-hydrogen) atoms. The van der Waals surface area contributed by atoms with E-state index < -0.39 is 26.5 Å². The van der Waals surface area contributed by atoms with E-state index in [1.165, 1.54) is 51.4 Å². The predicted molar refractivity (Wildman–Crippen MR) is 169 cm³/mol. The van der Waals surface area contributed by atoms with Crippen LogP contribution in [0.3, 0.4) is 0 Å². The summed E-state index contributed by atoms with van der Waals surface area (Å²) >= 11 is 0. The largest absolute Gasteiger partial charge is 0.472 e. The summed E-state index contributed by atoms with van der Waals surface area (Å²) in [5.41, 5.74) is 0. The average molecular weight is 618 g/mol. The minimum Gasteiger partial charge on any atom is -0.463 e. The van der Waals surface area contributed by atoms with Crippen LogP contribution in [0.4, 0.5) is 0 Å². The van der Waals surface area contributed by atoms with Crippen molar-refractivity contribution in [2.75, 3.05) is 26.4 Å². The predicted octanol–water partition coefficient (Wildman–Crippen LogP) is 7.70. The van der Waals surface area contributed by atoms with Crippen molar-refractivity contribution in [1.29, 1.82) is 0 Å². The summed E-state index contributed by atoms with van der Waals surface area (Å²) in [6, 6.07) is 0. The summed E-state index contributed by atoms with van der Waals surface area (Å²) in [6.07, 6.45) is 27.4. The fourth-order valence-corrected chi connectivity index (χ4v) is 4.87. The Kier molecular flexibility index (Phi) is 28.5. The topological polar surface area (TPSA) is 131 Å². The number of rotatable bonds is 30.